The average Bonchev–Trinajstić information content (AvgIpc) is 2.51. The molecule has 0 atom stereocenters. The van der Waals surface area contributed by atoms with Crippen LogP contribution in [0.5, 0.6) is 5.75 Å². The molecule has 0 bridgehead atoms. The number of aromatic carboxylic acids is 1. The summed E-state index contributed by atoms with van der Waals surface area (Å²) < 4.78 is 50.3. The zero-order chi connectivity index (χ0) is 17.0. The van der Waals surface area contributed by atoms with Crippen LogP contribution in [0.3, 0.4) is 0 Å². The number of halogens is 3. The Kier molecular flexibility index (Phi) is 5.23. The Morgan fingerprint density at radius 3 is 2.35 bits per heavy atom. The van der Waals surface area contributed by atoms with Crippen LogP contribution in [0.1, 0.15) is 10.4 Å². The molecule has 4 nitrogen and oxygen atoms in total. The molecule has 1 N–H and O–H groups in total. The third-order valence-corrected chi connectivity index (χ3v) is 3.08. The van der Waals surface area contributed by atoms with Crippen molar-refractivity contribution in [3.8, 4) is 16.9 Å². The van der Waals surface area contributed by atoms with Crippen molar-refractivity contribution in [2.24, 2.45) is 0 Å². The summed E-state index contributed by atoms with van der Waals surface area (Å²) in [4.78, 5) is 11.4. The topological polar surface area (TPSA) is 55.8 Å². The standard InChI is InChI=1S/C16H13F3O4/c1-22-4-5-23-9-2-3-10(12(6-9)16(20)21)11-7-14(18)15(19)8-13(11)17/h2-3,6-8H,4-5H2,1H3,(H,20,21). The lowest BCUT2D eigenvalue weighted by atomic mass is 9.98. The Bertz CT molecular complexity index is 732. The van der Waals surface area contributed by atoms with E-state index in [1.807, 2.05) is 0 Å². The molecule has 0 aromatic heterocycles. The van der Waals surface area contributed by atoms with E-state index in [-0.39, 0.29) is 29.0 Å². The number of benzene rings is 2. The molecule has 0 fully saturated rings. The monoisotopic (exact) mass is 326 g/mol. The quantitative estimate of drug-likeness (QED) is 0.652. The van der Waals surface area contributed by atoms with E-state index in [1.165, 1.54) is 25.3 Å². The third kappa shape index (κ3) is 3.81. The number of ether oxygens (including phenoxy) is 2. The van der Waals surface area contributed by atoms with E-state index in [0.29, 0.717) is 18.7 Å². The summed E-state index contributed by atoms with van der Waals surface area (Å²) >= 11 is 0. The molecular weight excluding hydrogens is 313 g/mol. The molecule has 0 radical (unpaired) electrons. The van der Waals surface area contributed by atoms with Gasteiger partial charge in [-0.25, -0.2) is 18.0 Å². The lowest BCUT2D eigenvalue weighted by molar-refractivity contribution is 0.0697. The van der Waals surface area contributed by atoms with E-state index in [2.05, 4.69) is 0 Å². The molecule has 0 aliphatic carbocycles. The van der Waals surface area contributed by atoms with Crippen LogP contribution in [0.4, 0.5) is 13.2 Å². The van der Waals surface area contributed by atoms with Crippen molar-refractivity contribution in [1.29, 1.82) is 0 Å². The van der Waals surface area contributed by atoms with Crippen LogP contribution >= 0.6 is 0 Å². The highest BCUT2D eigenvalue weighted by molar-refractivity contribution is 5.96. The minimum absolute atomic E-state index is 0.0759. The van der Waals surface area contributed by atoms with E-state index in [9.17, 15) is 23.1 Å². The molecule has 0 saturated heterocycles. The Balaban J connectivity index is 2.46. The average molecular weight is 326 g/mol. The lowest BCUT2D eigenvalue weighted by Gasteiger charge is -2.11. The minimum atomic E-state index is -1.35. The molecule has 2 aromatic rings. The molecule has 23 heavy (non-hydrogen) atoms. The number of hydrogen-bond acceptors (Lipinski definition) is 3. The Morgan fingerprint density at radius 1 is 1.00 bits per heavy atom. The summed E-state index contributed by atoms with van der Waals surface area (Å²) in [6, 6.07) is 4.88. The number of carboxylic acid groups (broad SMARTS) is 1. The molecule has 0 unspecified atom stereocenters. The number of methoxy groups -OCH3 is 1. The second-order valence-electron chi connectivity index (χ2n) is 4.60. The SMILES string of the molecule is COCCOc1ccc(-c2cc(F)c(F)cc2F)c(C(=O)O)c1. The van der Waals surface area contributed by atoms with Crippen molar-refractivity contribution in [2.45, 2.75) is 0 Å². The van der Waals surface area contributed by atoms with Gasteiger partial charge in [0, 0.05) is 18.7 Å². The van der Waals surface area contributed by atoms with Gasteiger partial charge in [-0.2, -0.15) is 0 Å². The number of hydrogen-bond donors (Lipinski definition) is 1. The van der Waals surface area contributed by atoms with Gasteiger partial charge in [0.1, 0.15) is 18.2 Å². The molecule has 0 amide bonds. The molecule has 0 spiro atoms. The summed E-state index contributed by atoms with van der Waals surface area (Å²) in [6.07, 6.45) is 0. The largest absolute Gasteiger partial charge is 0.491 e. The van der Waals surface area contributed by atoms with Gasteiger partial charge in [0.15, 0.2) is 11.6 Å². The van der Waals surface area contributed by atoms with E-state index in [4.69, 9.17) is 9.47 Å². The van der Waals surface area contributed by atoms with Crippen LogP contribution < -0.4 is 4.74 Å². The van der Waals surface area contributed by atoms with Crippen LogP contribution in [-0.4, -0.2) is 31.4 Å². The highest BCUT2D eigenvalue weighted by atomic mass is 19.2. The molecule has 2 aromatic carbocycles. The van der Waals surface area contributed by atoms with Gasteiger partial charge in [0.2, 0.25) is 0 Å². The van der Waals surface area contributed by atoms with Gasteiger partial charge in [0.05, 0.1) is 12.2 Å². The highest BCUT2D eigenvalue weighted by Gasteiger charge is 2.18. The molecule has 7 heteroatoms. The van der Waals surface area contributed by atoms with Crippen molar-refractivity contribution in [2.75, 3.05) is 20.3 Å². The van der Waals surface area contributed by atoms with Gasteiger partial charge in [0.25, 0.3) is 0 Å². The lowest BCUT2D eigenvalue weighted by Crippen LogP contribution is -2.06. The molecule has 0 aliphatic heterocycles. The first-order valence-electron chi connectivity index (χ1n) is 6.58. The van der Waals surface area contributed by atoms with E-state index in [1.54, 1.807) is 0 Å². The van der Waals surface area contributed by atoms with Crippen LogP contribution in [0.25, 0.3) is 11.1 Å². The van der Waals surface area contributed by atoms with Crippen LogP contribution in [-0.2, 0) is 4.74 Å². The maximum absolute atomic E-state index is 13.9. The van der Waals surface area contributed by atoms with Crippen molar-refractivity contribution in [1.82, 2.24) is 0 Å². The molecular formula is C16H13F3O4. The maximum Gasteiger partial charge on any atom is 0.336 e. The molecule has 2 rings (SSSR count). The summed E-state index contributed by atoms with van der Waals surface area (Å²) in [6.45, 7) is 0.510. The third-order valence-electron chi connectivity index (χ3n) is 3.08. The second-order valence-corrected chi connectivity index (χ2v) is 4.60. The second kappa shape index (κ2) is 7.15. The van der Waals surface area contributed by atoms with Gasteiger partial charge in [-0.1, -0.05) is 0 Å². The van der Waals surface area contributed by atoms with Crippen LogP contribution in [0.2, 0.25) is 0 Å². The van der Waals surface area contributed by atoms with Gasteiger partial charge in [-0.15, -0.1) is 0 Å². The summed E-state index contributed by atoms with van der Waals surface area (Å²) in [5.41, 5.74) is -0.706. The highest BCUT2D eigenvalue weighted by Crippen LogP contribution is 2.31. The number of carboxylic acids is 1. The summed E-state index contributed by atoms with van der Waals surface area (Å²) in [5, 5.41) is 9.27. The molecule has 0 heterocycles. The molecule has 0 aliphatic rings. The van der Waals surface area contributed by atoms with Crippen molar-refractivity contribution in [3.05, 3.63) is 53.3 Å². The number of carbonyl (C=O) groups is 1. The van der Waals surface area contributed by atoms with Crippen molar-refractivity contribution in [3.63, 3.8) is 0 Å². The summed E-state index contributed by atoms with van der Waals surface area (Å²) in [7, 11) is 1.49. The fourth-order valence-corrected chi connectivity index (χ4v) is 2.00. The van der Waals surface area contributed by atoms with Gasteiger partial charge >= 0.3 is 5.97 Å². The Hall–Kier alpha value is -2.54. The predicted octanol–water partition coefficient (Wildman–Crippen LogP) is 3.49. The molecule has 122 valence electrons. The normalized spacial score (nSPS) is 10.6. The molecule has 0 saturated carbocycles. The van der Waals surface area contributed by atoms with Gasteiger partial charge in [-0.3, -0.25) is 0 Å². The van der Waals surface area contributed by atoms with E-state index >= 15 is 0 Å². The minimum Gasteiger partial charge on any atom is -0.491 e. The first-order valence-corrected chi connectivity index (χ1v) is 6.58. The zero-order valence-electron chi connectivity index (χ0n) is 12.1. The fourth-order valence-electron chi connectivity index (χ4n) is 2.00. The maximum atomic E-state index is 13.9. The predicted molar refractivity (Wildman–Crippen MR) is 76.1 cm³/mol. The fraction of sp³-hybridized carbons (Fsp3) is 0.188. The van der Waals surface area contributed by atoms with Crippen molar-refractivity contribution >= 4 is 5.97 Å². The number of rotatable bonds is 6. The van der Waals surface area contributed by atoms with Crippen LogP contribution in [0.15, 0.2) is 30.3 Å². The first-order chi connectivity index (χ1) is 10.9. The Morgan fingerprint density at radius 2 is 1.70 bits per heavy atom. The first kappa shape index (κ1) is 16.8. The zero-order valence-corrected chi connectivity index (χ0v) is 12.1. The van der Waals surface area contributed by atoms with Crippen LogP contribution in [0, 0.1) is 17.5 Å². The van der Waals surface area contributed by atoms with Gasteiger partial charge in [-0.05, 0) is 29.8 Å². The summed E-state index contributed by atoms with van der Waals surface area (Å²) in [5.74, 6) is -4.77. The van der Waals surface area contributed by atoms with Gasteiger partial charge < -0.3 is 14.6 Å². The van der Waals surface area contributed by atoms with E-state index in [0.717, 1.165) is 0 Å². The van der Waals surface area contributed by atoms with E-state index < -0.39 is 23.4 Å². The smallest absolute Gasteiger partial charge is 0.336 e. The Labute approximate surface area is 130 Å². The van der Waals surface area contributed by atoms with Crippen molar-refractivity contribution < 1.29 is 32.5 Å².